The molecule has 0 amide bonds. The maximum Gasteiger partial charge on any atom is 0.416 e. The quantitative estimate of drug-likeness (QED) is 0.788. The number of nitriles is 2. The molecule has 1 aromatic heterocycles. The Hall–Kier alpha value is -2.87. The first-order valence-electron chi connectivity index (χ1n) is 4.89. The minimum atomic E-state index is -4.52. The van der Waals surface area contributed by atoms with Crippen LogP contribution in [0.15, 0.2) is 24.5 Å². The van der Waals surface area contributed by atoms with Crippen LogP contribution in [0.25, 0.3) is 5.69 Å². The molecule has 0 bridgehead atoms. The lowest BCUT2D eigenvalue weighted by atomic mass is 10.1. The molecule has 2 aromatic rings. The van der Waals surface area contributed by atoms with E-state index >= 15 is 0 Å². The van der Waals surface area contributed by atoms with Gasteiger partial charge in [0.15, 0.2) is 0 Å². The first-order valence-corrected chi connectivity index (χ1v) is 4.89. The van der Waals surface area contributed by atoms with Gasteiger partial charge in [0.05, 0.1) is 16.8 Å². The molecule has 0 aliphatic heterocycles. The lowest BCUT2D eigenvalue weighted by molar-refractivity contribution is -0.137. The molecule has 0 N–H and O–H groups in total. The van der Waals surface area contributed by atoms with E-state index in [1.165, 1.54) is 0 Å². The normalized spacial score (nSPS) is 10.8. The molecule has 0 fully saturated rings. The Labute approximate surface area is 105 Å². The van der Waals surface area contributed by atoms with Crippen LogP contribution >= 0.6 is 0 Å². The van der Waals surface area contributed by atoms with Gasteiger partial charge in [0.1, 0.15) is 18.5 Å². The van der Waals surface area contributed by atoms with Crippen LogP contribution in [0.2, 0.25) is 0 Å². The SMILES string of the molecule is N#Cc1ncn(-c2ccc(C(F)(F)F)cc2C#N)n1. The van der Waals surface area contributed by atoms with Crippen LogP contribution in [-0.4, -0.2) is 14.8 Å². The summed E-state index contributed by atoms with van der Waals surface area (Å²) in [5.41, 5.74) is -0.998. The zero-order valence-corrected chi connectivity index (χ0v) is 9.18. The fourth-order valence-electron chi connectivity index (χ4n) is 1.43. The number of hydrogen-bond donors (Lipinski definition) is 0. The van der Waals surface area contributed by atoms with Crippen LogP contribution < -0.4 is 0 Å². The first-order chi connectivity index (χ1) is 8.95. The van der Waals surface area contributed by atoms with Gasteiger partial charge in [0.2, 0.25) is 0 Å². The van der Waals surface area contributed by atoms with Crippen molar-refractivity contribution in [1.82, 2.24) is 14.8 Å². The number of halogens is 3. The van der Waals surface area contributed by atoms with E-state index in [9.17, 15) is 13.2 Å². The Morgan fingerprint density at radius 1 is 1.16 bits per heavy atom. The summed E-state index contributed by atoms with van der Waals surface area (Å²) in [7, 11) is 0. The molecule has 8 heteroatoms. The molecule has 2 rings (SSSR count). The van der Waals surface area contributed by atoms with Gasteiger partial charge in [0.25, 0.3) is 5.82 Å². The van der Waals surface area contributed by atoms with Crippen molar-refractivity contribution in [3.63, 3.8) is 0 Å². The summed E-state index contributed by atoms with van der Waals surface area (Å²) in [5, 5.41) is 21.2. The van der Waals surface area contributed by atoms with E-state index in [0.29, 0.717) is 0 Å². The fraction of sp³-hybridized carbons (Fsp3) is 0.0909. The van der Waals surface area contributed by atoms with Crippen molar-refractivity contribution in [2.75, 3.05) is 0 Å². The number of alkyl halides is 3. The zero-order chi connectivity index (χ0) is 14.0. The van der Waals surface area contributed by atoms with Crippen molar-refractivity contribution in [3.8, 4) is 17.8 Å². The molecule has 94 valence electrons. The highest BCUT2D eigenvalue weighted by Crippen LogP contribution is 2.31. The van der Waals surface area contributed by atoms with E-state index in [1.54, 1.807) is 12.1 Å². The highest BCUT2D eigenvalue weighted by atomic mass is 19.4. The van der Waals surface area contributed by atoms with E-state index in [1.807, 2.05) is 0 Å². The Balaban J connectivity index is 2.54. The monoisotopic (exact) mass is 263 g/mol. The molecule has 0 aliphatic rings. The molecule has 0 radical (unpaired) electrons. The molecule has 0 spiro atoms. The Morgan fingerprint density at radius 3 is 2.42 bits per heavy atom. The molecule has 0 saturated carbocycles. The van der Waals surface area contributed by atoms with Crippen LogP contribution in [0.3, 0.4) is 0 Å². The van der Waals surface area contributed by atoms with Crippen molar-refractivity contribution in [2.24, 2.45) is 0 Å². The van der Waals surface area contributed by atoms with E-state index in [-0.39, 0.29) is 17.1 Å². The van der Waals surface area contributed by atoms with Crippen LogP contribution in [0.5, 0.6) is 0 Å². The van der Waals surface area contributed by atoms with Crippen molar-refractivity contribution < 1.29 is 13.2 Å². The van der Waals surface area contributed by atoms with Gasteiger partial charge in [0, 0.05) is 0 Å². The van der Waals surface area contributed by atoms with Crippen LogP contribution in [-0.2, 0) is 6.18 Å². The van der Waals surface area contributed by atoms with Gasteiger partial charge in [-0.25, -0.2) is 9.67 Å². The molecule has 5 nitrogen and oxygen atoms in total. The van der Waals surface area contributed by atoms with Gasteiger partial charge in [-0.1, -0.05) is 0 Å². The highest BCUT2D eigenvalue weighted by Gasteiger charge is 2.31. The first kappa shape index (κ1) is 12.6. The van der Waals surface area contributed by atoms with Crippen molar-refractivity contribution in [1.29, 1.82) is 10.5 Å². The zero-order valence-electron chi connectivity index (χ0n) is 9.18. The number of benzene rings is 1. The smallest absolute Gasteiger partial charge is 0.218 e. The number of hydrogen-bond acceptors (Lipinski definition) is 4. The Morgan fingerprint density at radius 2 is 1.89 bits per heavy atom. The predicted octanol–water partition coefficient (Wildman–Crippen LogP) is 2.03. The van der Waals surface area contributed by atoms with Crippen LogP contribution in [0.4, 0.5) is 13.2 Å². The molecule has 0 unspecified atom stereocenters. The van der Waals surface area contributed by atoms with Crippen LogP contribution in [0.1, 0.15) is 17.0 Å². The standard InChI is InChI=1S/C11H4F3N5/c12-11(13,14)8-1-2-9(7(3-8)4-15)19-6-17-10(5-16)18-19/h1-3,6H. The van der Waals surface area contributed by atoms with Crippen molar-refractivity contribution >= 4 is 0 Å². The largest absolute Gasteiger partial charge is 0.416 e. The summed E-state index contributed by atoms with van der Waals surface area (Å²) in [4.78, 5) is 3.62. The van der Waals surface area contributed by atoms with Gasteiger partial charge >= 0.3 is 6.18 Å². The maximum absolute atomic E-state index is 12.5. The number of nitrogens with zero attached hydrogens (tertiary/aromatic N) is 5. The third-order valence-corrected chi connectivity index (χ3v) is 2.28. The third-order valence-electron chi connectivity index (χ3n) is 2.28. The van der Waals surface area contributed by atoms with Crippen LogP contribution in [0, 0.1) is 22.7 Å². The third kappa shape index (κ3) is 2.38. The summed E-state index contributed by atoms with van der Waals surface area (Å²) in [5.74, 6) is -0.135. The molecular formula is C11H4F3N5. The molecule has 0 aliphatic carbocycles. The van der Waals surface area contributed by atoms with E-state index in [0.717, 1.165) is 29.2 Å². The van der Waals surface area contributed by atoms with E-state index in [2.05, 4.69) is 10.1 Å². The minimum absolute atomic E-state index is 0.129. The summed E-state index contributed by atoms with van der Waals surface area (Å²) >= 11 is 0. The minimum Gasteiger partial charge on any atom is -0.218 e. The Kier molecular flexibility index (Phi) is 2.93. The average molecular weight is 263 g/mol. The van der Waals surface area contributed by atoms with Gasteiger partial charge < -0.3 is 0 Å². The lowest BCUT2D eigenvalue weighted by Crippen LogP contribution is -2.07. The molecule has 0 atom stereocenters. The molecule has 19 heavy (non-hydrogen) atoms. The lowest BCUT2D eigenvalue weighted by Gasteiger charge is -2.09. The van der Waals surface area contributed by atoms with E-state index < -0.39 is 11.7 Å². The van der Waals surface area contributed by atoms with Gasteiger partial charge in [-0.3, -0.25) is 0 Å². The summed E-state index contributed by atoms with van der Waals surface area (Å²) in [6.07, 6.45) is -3.37. The number of aromatic nitrogens is 3. The van der Waals surface area contributed by atoms with E-state index in [4.69, 9.17) is 10.5 Å². The summed E-state index contributed by atoms with van der Waals surface area (Å²) in [6, 6.07) is 6.02. The maximum atomic E-state index is 12.5. The highest BCUT2D eigenvalue weighted by molar-refractivity contribution is 5.50. The number of rotatable bonds is 1. The second-order valence-corrected chi connectivity index (χ2v) is 3.47. The average Bonchev–Trinajstić information content (AvgIpc) is 2.85. The molecule has 1 aromatic carbocycles. The molecule has 0 saturated heterocycles. The second kappa shape index (κ2) is 4.42. The van der Waals surface area contributed by atoms with Gasteiger partial charge in [-0.15, -0.1) is 5.10 Å². The molecular weight excluding hydrogens is 259 g/mol. The molecule has 1 heterocycles. The van der Waals surface area contributed by atoms with Crippen molar-refractivity contribution in [3.05, 3.63) is 41.5 Å². The summed E-state index contributed by atoms with van der Waals surface area (Å²) in [6.45, 7) is 0. The van der Waals surface area contributed by atoms with Gasteiger partial charge in [-0.2, -0.15) is 23.7 Å². The van der Waals surface area contributed by atoms with Gasteiger partial charge in [-0.05, 0) is 18.2 Å². The summed E-state index contributed by atoms with van der Waals surface area (Å²) < 4.78 is 38.6. The fourth-order valence-corrected chi connectivity index (χ4v) is 1.43. The Bertz CT molecular complexity index is 702. The van der Waals surface area contributed by atoms with Crippen molar-refractivity contribution in [2.45, 2.75) is 6.18 Å². The predicted molar refractivity (Wildman–Crippen MR) is 55.8 cm³/mol. The topological polar surface area (TPSA) is 78.3 Å². The second-order valence-electron chi connectivity index (χ2n) is 3.47.